The minimum atomic E-state index is 0.791. The second kappa shape index (κ2) is 10.9. The van der Waals surface area contributed by atoms with Gasteiger partial charge in [0.1, 0.15) is 0 Å². The van der Waals surface area contributed by atoms with E-state index in [2.05, 4.69) is 32.5 Å². The van der Waals surface area contributed by atoms with Gasteiger partial charge in [-0.15, -0.1) is 0 Å². The smallest absolute Gasteiger partial charge is 0.191 e. The molecule has 5 heteroatoms. The minimum Gasteiger partial charge on any atom is -0.355 e. The van der Waals surface area contributed by atoms with Crippen LogP contribution < -0.4 is 10.6 Å². The van der Waals surface area contributed by atoms with Crippen LogP contribution in [0.1, 0.15) is 51.4 Å². The van der Waals surface area contributed by atoms with Gasteiger partial charge >= 0.3 is 0 Å². The Balaban J connectivity index is 1.55. The standard InChI is InChI=1S/C18H37N5/c1-19-18(21-12-16-23-13-7-4-8-14-23)20-11-15-22(2)17-9-5-3-6-10-17/h17H,3-16H2,1-2H3,(H2,19,20,21). The first kappa shape index (κ1) is 18.5. The van der Waals surface area contributed by atoms with E-state index in [1.165, 1.54) is 64.5 Å². The molecule has 2 aliphatic rings. The number of piperidine rings is 1. The Morgan fingerprint density at radius 2 is 1.65 bits per heavy atom. The number of aliphatic imine (C=N–C) groups is 1. The Morgan fingerprint density at radius 3 is 2.35 bits per heavy atom. The van der Waals surface area contributed by atoms with Crippen molar-refractivity contribution in [1.82, 2.24) is 20.4 Å². The van der Waals surface area contributed by atoms with E-state index in [-0.39, 0.29) is 0 Å². The topological polar surface area (TPSA) is 42.9 Å². The SMILES string of the molecule is CN=C(NCCN1CCCCC1)NCCN(C)C1CCCCC1. The fourth-order valence-corrected chi connectivity index (χ4v) is 3.79. The van der Waals surface area contributed by atoms with Crippen LogP contribution in [-0.2, 0) is 0 Å². The van der Waals surface area contributed by atoms with Gasteiger partial charge in [-0.25, -0.2) is 0 Å². The van der Waals surface area contributed by atoms with Crippen LogP contribution in [0.25, 0.3) is 0 Å². The molecule has 0 bridgehead atoms. The number of hydrogen-bond donors (Lipinski definition) is 2. The molecule has 134 valence electrons. The normalized spacial score (nSPS) is 21.6. The van der Waals surface area contributed by atoms with E-state index in [0.717, 1.165) is 38.2 Å². The summed E-state index contributed by atoms with van der Waals surface area (Å²) in [6, 6.07) is 0.791. The lowest BCUT2D eigenvalue weighted by Crippen LogP contribution is -2.45. The Morgan fingerprint density at radius 1 is 1.00 bits per heavy atom. The summed E-state index contributed by atoms with van der Waals surface area (Å²) in [5.41, 5.74) is 0. The number of likely N-dealkylation sites (tertiary alicyclic amines) is 1. The van der Waals surface area contributed by atoms with Crippen molar-refractivity contribution in [2.24, 2.45) is 4.99 Å². The lowest BCUT2D eigenvalue weighted by Gasteiger charge is -2.31. The molecule has 0 aromatic carbocycles. The molecule has 1 saturated heterocycles. The van der Waals surface area contributed by atoms with Gasteiger partial charge in [0.25, 0.3) is 0 Å². The summed E-state index contributed by atoms with van der Waals surface area (Å²) in [6.07, 6.45) is 11.1. The maximum absolute atomic E-state index is 4.34. The first-order valence-corrected chi connectivity index (χ1v) is 9.66. The summed E-state index contributed by atoms with van der Waals surface area (Å²) in [7, 11) is 4.13. The molecule has 0 aromatic rings. The van der Waals surface area contributed by atoms with Crippen molar-refractivity contribution >= 4 is 5.96 Å². The molecule has 2 rings (SSSR count). The molecule has 0 spiro atoms. The summed E-state index contributed by atoms with van der Waals surface area (Å²) in [6.45, 7) is 6.70. The number of nitrogens with zero attached hydrogens (tertiary/aromatic N) is 3. The first-order valence-electron chi connectivity index (χ1n) is 9.66. The van der Waals surface area contributed by atoms with Gasteiger partial charge in [-0.3, -0.25) is 4.99 Å². The average Bonchev–Trinajstić information content (AvgIpc) is 2.62. The maximum atomic E-state index is 4.34. The fourth-order valence-electron chi connectivity index (χ4n) is 3.79. The zero-order valence-electron chi connectivity index (χ0n) is 15.3. The Kier molecular flexibility index (Phi) is 8.76. The third-order valence-electron chi connectivity index (χ3n) is 5.35. The molecule has 0 aromatic heterocycles. The van der Waals surface area contributed by atoms with Crippen molar-refractivity contribution in [3.8, 4) is 0 Å². The Hall–Kier alpha value is -0.810. The van der Waals surface area contributed by atoms with Crippen molar-refractivity contribution in [2.45, 2.75) is 57.4 Å². The van der Waals surface area contributed by atoms with Crippen LogP contribution in [-0.4, -0.2) is 75.2 Å². The van der Waals surface area contributed by atoms with E-state index in [0.29, 0.717) is 0 Å². The van der Waals surface area contributed by atoms with Crippen LogP contribution in [0.5, 0.6) is 0 Å². The molecule has 0 atom stereocenters. The van der Waals surface area contributed by atoms with E-state index >= 15 is 0 Å². The lowest BCUT2D eigenvalue weighted by molar-refractivity contribution is 0.194. The zero-order valence-corrected chi connectivity index (χ0v) is 15.3. The lowest BCUT2D eigenvalue weighted by atomic mass is 9.94. The number of rotatable bonds is 7. The monoisotopic (exact) mass is 323 g/mol. The van der Waals surface area contributed by atoms with Crippen molar-refractivity contribution in [3.63, 3.8) is 0 Å². The number of nitrogens with one attached hydrogen (secondary N) is 2. The fraction of sp³-hybridized carbons (Fsp3) is 0.944. The largest absolute Gasteiger partial charge is 0.355 e. The third kappa shape index (κ3) is 7.08. The maximum Gasteiger partial charge on any atom is 0.191 e. The van der Waals surface area contributed by atoms with Gasteiger partial charge in [0.2, 0.25) is 0 Å². The summed E-state index contributed by atoms with van der Waals surface area (Å²) >= 11 is 0. The molecule has 1 aliphatic heterocycles. The van der Waals surface area contributed by atoms with Gasteiger partial charge in [-0.2, -0.15) is 0 Å². The minimum absolute atomic E-state index is 0.791. The van der Waals surface area contributed by atoms with E-state index in [1.807, 2.05) is 7.05 Å². The Bertz CT molecular complexity index is 332. The first-order chi connectivity index (χ1) is 11.3. The summed E-state index contributed by atoms with van der Waals surface area (Å²) < 4.78 is 0. The van der Waals surface area contributed by atoms with E-state index in [4.69, 9.17) is 0 Å². The molecule has 0 radical (unpaired) electrons. The zero-order chi connectivity index (χ0) is 16.3. The summed E-state index contributed by atoms with van der Waals surface area (Å²) in [5.74, 6) is 0.944. The van der Waals surface area contributed by atoms with Crippen LogP contribution in [0, 0.1) is 0 Å². The predicted molar refractivity (Wildman–Crippen MR) is 99.2 cm³/mol. The summed E-state index contributed by atoms with van der Waals surface area (Å²) in [5, 5.41) is 6.90. The van der Waals surface area contributed by atoms with E-state index < -0.39 is 0 Å². The van der Waals surface area contributed by atoms with E-state index in [9.17, 15) is 0 Å². The van der Waals surface area contributed by atoms with Crippen molar-refractivity contribution in [2.75, 3.05) is 53.4 Å². The van der Waals surface area contributed by atoms with Crippen LogP contribution in [0.3, 0.4) is 0 Å². The molecule has 2 N–H and O–H groups in total. The van der Waals surface area contributed by atoms with Crippen LogP contribution >= 0.6 is 0 Å². The van der Waals surface area contributed by atoms with Gasteiger partial charge in [0.05, 0.1) is 0 Å². The van der Waals surface area contributed by atoms with Gasteiger partial charge < -0.3 is 20.4 Å². The highest BCUT2D eigenvalue weighted by Crippen LogP contribution is 2.21. The molecular formula is C18H37N5. The van der Waals surface area contributed by atoms with Crippen LogP contribution in [0.15, 0.2) is 4.99 Å². The quantitative estimate of drug-likeness (QED) is 0.555. The molecule has 2 fully saturated rings. The Labute approximate surface area is 142 Å². The van der Waals surface area contributed by atoms with Crippen molar-refractivity contribution in [3.05, 3.63) is 0 Å². The number of likely N-dealkylation sites (N-methyl/N-ethyl adjacent to an activating group) is 1. The van der Waals surface area contributed by atoms with Crippen molar-refractivity contribution in [1.29, 1.82) is 0 Å². The number of guanidine groups is 1. The van der Waals surface area contributed by atoms with E-state index in [1.54, 1.807) is 0 Å². The summed E-state index contributed by atoms with van der Waals surface area (Å²) in [4.78, 5) is 9.41. The van der Waals surface area contributed by atoms with Crippen molar-refractivity contribution < 1.29 is 0 Å². The highest BCUT2D eigenvalue weighted by Gasteiger charge is 2.17. The molecular weight excluding hydrogens is 286 g/mol. The molecule has 5 nitrogen and oxygen atoms in total. The van der Waals surface area contributed by atoms with Gasteiger partial charge in [0.15, 0.2) is 5.96 Å². The van der Waals surface area contributed by atoms with Gasteiger partial charge in [-0.05, 0) is 45.8 Å². The number of hydrogen-bond acceptors (Lipinski definition) is 3. The average molecular weight is 324 g/mol. The second-order valence-electron chi connectivity index (χ2n) is 7.10. The molecule has 0 amide bonds. The second-order valence-corrected chi connectivity index (χ2v) is 7.10. The van der Waals surface area contributed by atoms with Gasteiger partial charge in [0, 0.05) is 39.3 Å². The highest BCUT2D eigenvalue weighted by molar-refractivity contribution is 5.79. The molecule has 0 unspecified atom stereocenters. The molecule has 1 saturated carbocycles. The third-order valence-corrected chi connectivity index (χ3v) is 5.35. The molecule has 1 heterocycles. The van der Waals surface area contributed by atoms with Gasteiger partial charge in [-0.1, -0.05) is 25.7 Å². The molecule has 23 heavy (non-hydrogen) atoms. The highest BCUT2D eigenvalue weighted by atomic mass is 15.2. The van der Waals surface area contributed by atoms with Crippen LogP contribution in [0.2, 0.25) is 0 Å². The predicted octanol–water partition coefficient (Wildman–Crippen LogP) is 1.90. The molecule has 1 aliphatic carbocycles. The van der Waals surface area contributed by atoms with Crippen LogP contribution in [0.4, 0.5) is 0 Å².